The molecule has 3 aromatic rings. The molecule has 10 nitrogen and oxygen atoms in total. The van der Waals surface area contributed by atoms with Crippen LogP contribution in [0.4, 0.5) is 11.6 Å². The van der Waals surface area contributed by atoms with Crippen molar-refractivity contribution in [3.05, 3.63) is 42.1 Å². The molecule has 0 saturated carbocycles. The van der Waals surface area contributed by atoms with Gasteiger partial charge in [0.1, 0.15) is 12.4 Å². The second-order valence-corrected chi connectivity index (χ2v) is 7.84. The lowest BCUT2D eigenvalue weighted by Gasteiger charge is -2.26. The zero-order chi connectivity index (χ0) is 22.9. The number of likely N-dealkylation sites (N-methyl/N-ethyl adjacent to an activating group) is 1. The predicted octanol–water partition coefficient (Wildman–Crippen LogP) is 3.04. The van der Waals surface area contributed by atoms with Gasteiger partial charge in [-0.05, 0) is 6.07 Å². The maximum atomic E-state index is 5.89. The lowest BCUT2D eigenvalue weighted by Crippen LogP contribution is -2.38. The molecule has 0 unspecified atom stereocenters. The molecule has 4 rings (SSSR count). The molecule has 0 amide bonds. The van der Waals surface area contributed by atoms with E-state index in [9.17, 15) is 0 Å². The molecular weight excluding hydrogens is 422 g/mol. The lowest BCUT2D eigenvalue weighted by molar-refractivity contribution is 0.0317. The van der Waals surface area contributed by atoms with Gasteiger partial charge >= 0.3 is 6.01 Å². The number of hydrogen-bond acceptors (Lipinski definition) is 9. The van der Waals surface area contributed by atoms with Crippen LogP contribution in [0.1, 0.15) is 5.56 Å². The minimum atomic E-state index is 0.297. The molecule has 1 saturated heterocycles. The van der Waals surface area contributed by atoms with Crippen molar-refractivity contribution in [1.82, 2.24) is 19.9 Å². The molecule has 0 atom stereocenters. The third kappa shape index (κ3) is 6.47. The van der Waals surface area contributed by atoms with E-state index in [0.29, 0.717) is 43.9 Å². The molecule has 3 heterocycles. The number of hydrogen-bond donors (Lipinski definition) is 1. The van der Waals surface area contributed by atoms with Crippen LogP contribution in [0.15, 0.2) is 46.8 Å². The Labute approximate surface area is 193 Å². The molecule has 0 radical (unpaired) electrons. The van der Waals surface area contributed by atoms with E-state index in [-0.39, 0.29) is 0 Å². The van der Waals surface area contributed by atoms with E-state index in [0.717, 1.165) is 49.3 Å². The Bertz CT molecular complexity index is 1050. The number of aromatic nitrogens is 3. The van der Waals surface area contributed by atoms with Crippen LogP contribution in [0, 0.1) is 0 Å². The fraction of sp³-hybridized carbons (Fsp3) is 0.478. The molecule has 0 aliphatic carbocycles. The number of methoxy groups -OCH3 is 1. The van der Waals surface area contributed by atoms with Gasteiger partial charge in [-0.2, -0.15) is 15.1 Å². The molecule has 10 heteroatoms. The van der Waals surface area contributed by atoms with Gasteiger partial charge in [0, 0.05) is 69.1 Å². The summed E-state index contributed by atoms with van der Waals surface area (Å²) in [6.45, 7) is 6.38. The first-order valence-electron chi connectivity index (χ1n) is 11.2. The Balaban J connectivity index is 1.44. The first kappa shape index (κ1) is 23.1. The molecule has 1 aliphatic rings. The van der Waals surface area contributed by atoms with E-state index >= 15 is 0 Å². The van der Waals surface area contributed by atoms with E-state index < -0.39 is 0 Å². The fourth-order valence-electron chi connectivity index (χ4n) is 3.59. The summed E-state index contributed by atoms with van der Waals surface area (Å²) < 4.78 is 16.5. The summed E-state index contributed by atoms with van der Waals surface area (Å²) in [5, 5.41) is 9.90. The Hall–Kier alpha value is -3.08. The number of rotatable bonds is 11. The van der Waals surface area contributed by atoms with Crippen LogP contribution in [0.5, 0.6) is 6.01 Å². The summed E-state index contributed by atoms with van der Waals surface area (Å²) in [5.41, 5.74) is 2.17. The van der Waals surface area contributed by atoms with E-state index in [4.69, 9.17) is 14.2 Å². The summed E-state index contributed by atoms with van der Waals surface area (Å²) in [6.07, 6.45) is 1.97. The first-order valence-corrected chi connectivity index (χ1v) is 11.2. The average Bonchev–Trinajstić information content (AvgIpc) is 3.26. The van der Waals surface area contributed by atoms with Crippen molar-refractivity contribution >= 4 is 22.5 Å². The van der Waals surface area contributed by atoms with Gasteiger partial charge < -0.3 is 24.1 Å². The second-order valence-electron chi connectivity index (χ2n) is 7.84. The van der Waals surface area contributed by atoms with Gasteiger partial charge in [0.05, 0.1) is 26.4 Å². The lowest BCUT2D eigenvalue weighted by atomic mass is 10.2. The SMILES string of the molecule is COCCN(C)c1cc(N=NCc2c[nH]c3ccccc23)nc(OCCN2CCOCC2)n1. The van der Waals surface area contributed by atoms with Crippen LogP contribution < -0.4 is 9.64 Å². The number of azo groups is 1. The first-order chi connectivity index (χ1) is 16.2. The number of aromatic amines is 1. The summed E-state index contributed by atoms with van der Waals surface area (Å²) >= 11 is 0. The third-order valence-electron chi connectivity index (χ3n) is 5.53. The van der Waals surface area contributed by atoms with Crippen molar-refractivity contribution in [2.45, 2.75) is 6.54 Å². The number of fused-ring (bicyclic) bond motifs is 1. The maximum absolute atomic E-state index is 5.89. The number of anilines is 1. The Morgan fingerprint density at radius 2 is 2.03 bits per heavy atom. The number of nitrogens with zero attached hydrogens (tertiary/aromatic N) is 6. The predicted molar refractivity (Wildman–Crippen MR) is 126 cm³/mol. The zero-order valence-electron chi connectivity index (χ0n) is 19.2. The highest BCUT2D eigenvalue weighted by atomic mass is 16.5. The highest BCUT2D eigenvalue weighted by molar-refractivity contribution is 5.82. The van der Waals surface area contributed by atoms with Crippen molar-refractivity contribution in [3.8, 4) is 6.01 Å². The number of ether oxygens (including phenoxy) is 3. The molecule has 0 bridgehead atoms. The van der Waals surface area contributed by atoms with Gasteiger partial charge in [-0.25, -0.2) is 0 Å². The number of H-pyrrole nitrogens is 1. The smallest absolute Gasteiger partial charge is 0.320 e. The van der Waals surface area contributed by atoms with Gasteiger partial charge in [-0.1, -0.05) is 18.2 Å². The quantitative estimate of drug-likeness (QED) is 0.445. The second kappa shape index (κ2) is 11.7. The van der Waals surface area contributed by atoms with Crippen molar-refractivity contribution < 1.29 is 14.2 Å². The Morgan fingerprint density at radius 1 is 1.18 bits per heavy atom. The minimum absolute atomic E-state index is 0.297. The highest BCUT2D eigenvalue weighted by Gasteiger charge is 2.13. The molecule has 2 aromatic heterocycles. The van der Waals surface area contributed by atoms with Crippen LogP contribution in [0.25, 0.3) is 10.9 Å². The largest absolute Gasteiger partial charge is 0.462 e. The summed E-state index contributed by atoms with van der Waals surface area (Å²) in [7, 11) is 3.63. The van der Waals surface area contributed by atoms with Gasteiger partial charge in [-0.15, -0.1) is 5.11 Å². The van der Waals surface area contributed by atoms with E-state index in [1.54, 1.807) is 7.11 Å². The van der Waals surface area contributed by atoms with Gasteiger partial charge in [0.25, 0.3) is 0 Å². The Morgan fingerprint density at radius 3 is 2.88 bits per heavy atom. The molecular formula is C23H31N7O3. The summed E-state index contributed by atoms with van der Waals surface area (Å²) in [6, 6.07) is 10.2. The highest BCUT2D eigenvalue weighted by Crippen LogP contribution is 2.23. The molecule has 1 aliphatic heterocycles. The summed E-state index contributed by atoms with van der Waals surface area (Å²) in [4.78, 5) is 16.6. The number of para-hydroxylation sites is 1. The van der Waals surface area contributed by atoms with Gasteiger partial charge in [0.2, 0.25) is 0 Å². The van der Waals surface area contributed by atoms with E-state index in [1.807, 2.05) is 42.4 Å². The van der Waals surface area contributed by atoms with E-state index in [2.05, 4.69) is 36.1 Å². The van der Waals surface area contributed by atoms with Crippen molar-refractivity contribution in [3.63, 3.8) is 0 Å². The van der Waals surface area contributed by atoms with Crippen LogP contribution in [-0.4, -0.2) is 86.6 Å². The number of benzene rings is 1. The van der Waals surface area contributed by atoms with Crippen molar-refractivity contribution in [2.24, 2.45) is 10.2 Å². The van der Waals surface area contributed by atoms with Crippen molar-refractivity contribution in [2.75, 3.05) is 71.7 Å². The topological polar surface area (TPSA) is 100 Å². The number of morpholine rings is 1. The average molecular weight is 454 g/mol. The monoisotopic (exact) mass is 453 g/mol. The minimum Gasteiger partial charge on any atom is -0.462 e. The molecule has 0 spiro atoms. The molecule has 33 heavy (non-hydrogen) atoms. The van der Waals surface area contributed by atoms with Crippen molar-refractivity contribution in [1.29, 1.82) is 0 Å². The fourth-order valence-corrected chi connectivity index (χ4v) is 3.59. The van der Waals surface area contributed by atoms with Gasteiger partial charge in [0.15, 0.2) is 5.82 Å². The maximum Gasteiger partial charge on any atom is 0.320 e. The van der Waals surface area contributed by atoms with Crippen LogP contribution in [0.2, 0.25) is 0 Å². The van der Waals surface area contributed by atoms with Crippen LogP contribution in [0.3, 0.4) is 0 Å². The molecule has 176 valence electrons. The standard InChI is InChI=1S/C23H31N7O3/c1-29(7-11-31-2)22-15-21(26-23(27-22)33-14-10-30-8-12-32-13-9-30)28-25-17-18-16-24-20-6-4-3-5-19(18)20/h3-6,15-16,24H,7-14,17H2,1-2H3. The third-order valence-corrected chi connectivity index (χ3v) is 5.53. The number of nitrogens with one attached hydrogen (secondary N) is 1. The normalized spacial score (nSPS) is 14.8. The molecule has 1 aromatic carbocycles. The molecule has 1 N–H and O–H groups in total. The van der Waals surface area contributed by atoms with Crippen LogP contribution in [-0.2, 0) is 16.0 Å². The van der Waals surface area contributed by atoms with Gasteiger partial charge in [-0.3, -0.25) is 4.90 Å². The van der Waals surface area contributed by atoms with E-state index in [1.165, 1.54) is 0 Å². The molecule has 1 fully saturated rings. The van der Waals surface area contributed by atoms with Crippen LogP contribution >= 0.6 is 0 Å². The Kier molecular flexibility index (Phi) is 8.18. The zero-order valence-corrected chi connectivity index (χ0v) is 19.2. The summed E-state index contributed by atoms with van der Waals surface area (Å²) in [5.74, 6) is 1.18.